The van der Waals surface area contributed by atoms with Gasteiger partial charge in [0.15, 0.2) is 0 Å². The lowest BCUT2D eigenvalue weighted by Crippen LogP contribution is -1.81. The Morgan fingerprint density at radius 2 is 2.12 bits per heavy atom. The van der Waals surface area contributed by atoms with E-state index in [0.717, 1.165) is 10.9 Å². The standard InChI is InChI=1S/C14H12BrNS/c1-9-2-4-12(17-9)6-10-8-16-14-5-3-11(15)7-13(10)14/h2-5,7-8,16H,6H2,1H3. The summed E-state index contributed by atoms with van der Waals surface area (Å²) in [5, 5.41) is 1.31. The molecule has 0 aliphatic rings. The van der Waals surface area contributed by atoms with Gasteiger partial charge >= 0.3 is 0 Å². The number of thiophene rings is 1. The molecule has 86 valence electrons. The first-order valence-electron chi connectivity index (χ1n) is 5.53. The summed E-state index contributed by atoms with van der Waals surface area (Å²) in [7, 11) is 0. The van der Waals surface area contributed by atoms with Crippen molar-refractivity contribution in [2.75, 3.05) is 0 Å². The molecule has 0 saturated heterocycles. The van der Waals surface area contributed by atoms with Crippen molar-refractivity contribution in [2.45, 2.75) is 13.3 Å². The average molecular weight is 306 g/mol. The molecule has 17 heavy (non-hydrogen) atoms. The van der Waals surface area contributed by atoms with Gasteiger partial charge in [0, 0.05) is 37.7 Å². The summed E-state index contributed by atoms with van der Waals surface area (Å²) in [6.07, 6.45) is 3.13. The Labute approximate surface area is 113 Å². The second-order valence-corrected chi connectivity index (χ2v) is 6.48. The van der Waals surface area contributed by atoms with Crippen LogP contribution >= 0.6 is 27.3 Å². The third kappa shape index (κ3) is 2.17. The maximum atomic E-state index is 3.53. The molecule has 0 amide bonds. The molecule has 3 heteroatoms. The molecule has 0 radical (unpaired) electrons. The zero-order valence-electron chi connectivity index (χ0n) is 9.46. The Morgan fingerprint density at radius 1 is 1.24 bits per heavy atom. The van der Waals surface area contributed by atoms with Gasteiger partial charge in [-0.05, 0) is 42.8 Å². The van der Waals surface area contributed by atoms with E-state index >= 15 is 0 Å². The second-order valence-electron chi connectivity index (χ2n) is 4.19. The van der Waals surface area contributed by atoms with Crippen molar-refractivity contribution in [3.8, 4) is 0 Å². The van der Waals surface area contributed by atoms with Crippen LogP contribution in [0.25, 0.3) is 10.9 Å². The first-order valence-corrected chi connectivity index (χ1v) is 7.14. The van der Waals surface area contributed by atoms with Crippen LogP contribution in [0.4, 0.5) is 0 Å². The summed E-state index contributed by atoms with van der Waals surface area (Å²) in [6.45, 7) is 2.15. The first-order chi connectivity index (χ1) is 8.22. The molecule has 0 atom stereocenters. The van der Waals surface area contributed by atoms with Crippen LogP contribution in [0.3, 0.4) is 0 Å². The van der Waals surface area contributed by atoms with E-state index in [-0.39, 0.29) is 0 Å². The normalized spacial score (nSPS) is 11.2. The van der Waals surface area contributed by atoms with Crippen LogP contribution in [0.5, 0.6) is 0 Å². The van der Waals surface area contributed by atoms with Crippen LogP contribution in [0.15, 0.2) is 41.0 Å². The SMILES string of the molecule is Cc1ccc(Cc2c[nH]c3ccc(Br)cc23)s1. The fraction of sp³-hybridized carbons (Fsp3) is 0.143. The van der Waals surface area contributed by atoms with E-state index in [1.807, 2.05) is 11.3 Å². The van der Waals surface area contributed by atoms with E-state index < -0.39 is 0 Å². The van der Waals surface area contributed by atoms with Crippen LogP contribution < -0.4 is 0 Å². The van der Waals surface area contributed by atoms with Crippen molar-refractivity contribution in [2.24, 2.45) is 0 Å². The number of fused-ring (bicyclic) bond motifs is 1. The van der Waals surface area contributed by atoms with Gasteiger partial charge in [-0.15, -0.1) is 11.3 Å². The molecule has 0 unspecified atom stereocenters. The number of benzene rings is 1. The third-order valence-electron chi connectivity index (χ3n) is 2.89. The highest BCUT2D eigenvalue weighted by Crippen LogP contribution is 2.26. The van der Waals surface area contributed by atoms with E-state index in [1.54, 1.807) is 0 Å². The molecule has 2 aromatic heterocycles. The summed E-state index contributed by atoms with van der Waals surface area (Å²) in [5.74, 6) is 0. The van der Waals surface area contributed by atoms with Gasteiger partial charge < -0.3 is 4.98 Å². The Morgan fingerprint density at radius 3 is 2.88 bits per heavy atom. The van der Waals surface area contributed by atoms with Crippen LogP contribution in [-0.4, -0.2) is 4.98 Å². The lowest BCUT2D eigenvalue weighted by atomic mass is 10.1. The molecule has 0 spiro atoms. The molecule has 2 heterocycles. The van der Waals surface area contributed by atoms with Crippen molar-refractivity contribution in [1.29, 1.82) is 0 Å². The Kier molecular flexibility index (Phi) is 2.81. The molecular weight excluding hydrogens is 294 g/mol. The Hall–Kier alpha value is -1.06. The summed E-state index contributed by atoms with van der Waals surface area (Å²) in [6, 6.07) is 10.8. The van der Waals surface area contributed by atoms with Gasteiger partial charge in [0.1, 0.15) is 0 Å². The molecule has 1 N–H and O–H groups in total. The van der Waals surface area contributed by atoms with E-state index in [2.05, 4.69) is 64.4 Å². The molecular formula is C14H12BrNS. The van der Waals surface area contributed by atoms with Crippen LogP contribution in [-0.2, 0) is 6.42 Å². The lowest BCUT2D eigenvalue weighted by Gasteiger charge is -1.97. The maximum Gasteiger partial charge on any atom is 0.0457 e. The smallest absolute Gasteiger partial charge is 0.0457 e. The predicted molar refractivity (Wildman–Crippen MR) is 77.9 cm³/mol. The summed E-state index contributed by atoms with van der Waals surface area (Å²) in [5.41, 5.74) is 2.57. The van der Waals surface area contributed by atoms with Gasteiger partial charge in [0.05, 0.1) is 0 Å². The molecule has 1 nitrogen and oxygen atoms in total. The Balaban J connectivity index is 2.03. The second kappa shape index (κ2) is 4.31. The van der Waals surface area contributed by atoms with Gasteiger partial charge in [0.25, 0.3) is 0 Å². The summed E-state index contributed by atoms with van der Waals surface area (Å²) >= 11 is 5.40. The number of hydrogen-bond donors (Lipinski definition) is 1. The van der Waals surface area contributed by atoms with Gasteiger partial charge in [-0.1, -0.05) is 15.9 Å². The largest absolute Gasteiger partial charge is 0.361 e. The summed E-state index contributed by atoms with van der Waals surface area (Å²) < 4.78 is 1.13. The molecule has 0 aliphatic heterocycles. The zero-order chi connectivity index (χ0) is 11.8. The fourth-order valence-corrected chi connectivity index (χ4v) is 3.34. The number of hydrogen-bond acceptors (Lipinski definition) is 1. The lowest BCUT2D eigenvalue weighted by molar-refractivity contribution is 1.26. The Bertz CT molecular complexity index is 666. The van der Waals surface area contributed by atoms with Crippen molar-refractivity contribution < 1.29 is 0 Å². The minimum Gasteiger partial charge on any atom is -0.361 e. The summed E-state index contributed by atoms with van der Waals surface area (Å²) in [4.78, 5) is 6.12. The molecule has 0 saturated carbocycles. The van der Waals surface area contributed by atoms with Crippen molar-refractivity contribution in [3.05, 3.63) is 56.3 Å². The quantitative estimate of drug-likeness (QED) is 0.694. The van der Waals surface area contributed by atoms with E-state index in [0.29, 0.717) is 0 Å². The molecule has 3 rings (SSSR count). The van der Waals surface area contributed by atoms with Gasteiger partial charge in [-0.2, -0.15) is 0 Å². The van der Waals surface area contributed by atoms with Gasteiger partial charge in [0.2, 0.25) is 0 Å². The van der Waals surface area contributed by atoms with Crippen molar-refractivity contribution in [1.82, 2.24) is 4.98 Å². The highest BCUT2D eigenvalue weighted by molar-refractivity contribution is 9.10. The first kappa shape index (κ1) is 11.1. The monoisotopic (exact) mass is 305 g/mol. The molecule has 0 fully saturated rings. The van der Waals surface area contributed by atoms with E-state index in [4.69, 9.17) is 0 Å². The number of aromatic nitrogens is 1. The number of rotatable bonds is 2. The van der Waals surface area contributed by atoms with Crippen molar-refractivity contribution in [3.63, 3.8) is 0 Å². The minimum atomic E-state index is 1.01. The minimum absolute atomic E-state index is 1.01. The number of nitrogens with one attached hydrogen (secondary N) is 1. The van der Waals surface area contributed by atoms with Crippen molar-refractivity contribution >= 4 is 38.2 Å². The van der Waals surface area contributed by atoms with E-state index in [1.165, 1.54) is 26.2 Å². The zero-order valence-corrected chi connectivity index (χ0v) is 11.9. The molecule has 0 bridgehead atoms. The fourth-order valence-electron chi connectivity index (χ4n) is 2.06. The number of aromatic amines is 1. The molecule has 0 aliphatic carbocycles. The highest BCUT2D eigenvalue weighted by atomic mass is 79.9. The average Bonchev–Trinajstić information content (AvgIpc) is 2.87. The van der Waals surface area contributed by atoms with Gasteiger partial charge in [-0.3, -0.25) is 0 Å². The van der Waals surface area contributed by atoms with E-state index in [9.17, 15) is 0 Å². The van der Waals surface area contributed by atoms with Gasteiger partial charge in [-0.25, -0.2) is 0 Å². The van der Waals surface area contributed by atoms with Crippen LogP contribution in [0.2, 0.25) is 0 Å². The number of H-pyrrole nitrogens is 1. The highest BCUT2D eigenvalue weighted by Gasteiger charge is 2.06. The number of aryl methyl sites for hydroxylation is 1. The topological polar surface area (TPSA) is 15.8 Å². The molecule has 1 aromatic carbocycles. The molecule has 3 aromatic rings. The predicted octanol–water partition coefficient (Wildman–Crippen LogP) is 4.89. The van der Waals surface area contributed by atoms with Crippen LogP contribution in [0, 0.1) is 6.92 Å². The third-order valence-corrected chi connectivity index (χ3v) is 4.38. The van der Waals surface area contributed by atoms with Crippen LogP contribution in [0.1, 0.15) is 15.3 Å². The number of halogens is 1. The maximum absolute atomic E-state index is 3.53.